The van der Waals surface area contributed by atoms with Crippen molar-refractivity contribution in [3.63, 3.8) is 0 Å². The number of nitrogens with zero attached hydrogens (tertiary/aromatic N) is 4. The van der Waals surface area contributed by atoms with Crippen LogP contribution in [0.4, 0.5) is 5.82 Å². The fraction of sp³-hybridized carbons (Fsp3) is 0.346. The third-order valence-corrected chi connectivity index (χ3v) is 6.26. The molecule has 0 aliphatic carbocycles. The van der Waals surface area contributed by atoms with E-state index in [0.29, 0.717) is 49.0 Å². The standard InChI is InChI=1S/C26H30N4O4/c1-17-6-7-19(14-18(17)2)21-8-9-24(28-27-21)29-10-12-30(13-11-29)26(31)20-15-22(32-3)25(34-5)23(16-20)33-4/h6-9,14-16H,10-13H2,1-5H3. The molecule has 1 fully saturated rings. The highest BCUT2D eigenvalue weighted by atomic mass is 16.5. The molecule has 1 aromatic heterocycles. The molecule has 0 spiro atoms. The first-order chi connectivity index (χ1) is 16.4. The summed E-state index contributed by atoms with van der Waals surface area (Å²) in [6.07, 6.45) is 0. The molecule has 2 aromatic carbocycles. The van der Waals surface area contributed by atoms with Crippen molar-refractivity contribution in [3.05, 3.63) is 59.2 Å². The van der Waals surface area contributed by atoms with Crippen molar-refractivity contribution in [2.24, 2.45) is 0 Å². The molecular formula is C26H30N4O4. The van der Waals surface area contributed by atoms with Gasteiger partial charge in [0.1, 0.15) is 0 Å². The van der Waals surface area contributed by atoms with Gasteiger partial charge in [0, 0.05) is 37.3 Å². The third kappa shape index (κ3) is 4.62. The van der Waals surface area contributed by atoms with Gasteiger partial charge in [-0.1, -0.05) is 12.1 Å². The van der Waals surface area contributed by atoms with Gasteiger partial charge in [-0.25, -0.2) is 0 Å². The minimum Gasteiger partial charge on any atom is -0.493 e. The van der Waals surface area contributed by atoms with Crippen molar-refractivity contribution in [1.29, 1.82) is 0 Å². The van der Waals surface area contributed by atoms with Gasteiger partial charge < -0.3 is 24.0 Å². The third-order valence-electron chi connectivity index (χ3n) is 6.26. The van der Waals surface area contributed by atoms with Crippen LogP contribution in [0.15, 0.2) is 42.5 Å². The molecule has 2 heterocycles. The smallest absolute Gasteiger partial charge is 0.254 e. The maximum atomic E-state index is 13.2. The summed E-state index contributed by atoms with van der Waals surface area (Å²) in [5.74, 6) is 2.13. The van der Waals surface area contributed by atoms with Crippen LogP contribution in [0, 0.1) is 13.8 Å². The first-order valence-corrected chi connectivity index (χ1v) is 11.2. The van der Waals surface area contributed by atoms with Gasteiger partial charge in [0.25, 0.3) is 5.91 Å². The second kappa shape index (κ2) is 9.99. The van der Waals surface area contributed by atoms with Crippen LogP contribution in [0.3, 0.4) is 0 Å². The molecule has 3 aromatic rings. The SMILES string of the molecule is COc1cc(C(=O)N2CCN(c3ccc(-c4ccc(C)c(C)c4)nn3)CC2)cc(OC)c1OC. The summed E-state index contributed by atoms with van der Waals surface area (Å²) < 4.78 is 16.1. The van der Waals surface area contributed by atoms with Crippen LogP contribution < -0.4 is 19.1 Å². The van der Waals surface area contributed by atoms with Gasteiger partial charge in [-0.2, -0.15) is 0 Å². The van der Waals surface area contributed by atoms with Crippen molar-refractivity contribution < 1.29 is 19.0 Å². The molecule has 178 valence electrons. The second-order valence-corrected chi connectivity index (χ2v) is 8.27. The van der Waals surface area contributed by atoms with E-state index in [1.165, 1.54) is 25.3 Å². The first-order valence-electron chi connectivity index (χ1n) is 11.2. The predicted octanol–water partition coefficient (Wildman–Crippen LogP) is 3.75. The summed E-state index contributed by atoms with van der Waals surface area (Å²) in [5.41, 5.74) is 4.90. The van der Waals surface area contributed by atoms with E-state index < -0.39 is 0 Å². The summed E-state index contributed by atoms with van der Waals surface area (Å²) in [6.45, 7) is 6.70. The number of anilines is 1. The molecular weight excluding hydrogens is 432 g/mol. The molecule has 0 N–H and O–H groups in total. The Morgan fingerprint density at radius 3 is 2.00 bits per heavy atom. The van der Waals surface area contributed by atoms with Crippen LogP contribution in [0.25, 0.3) is 11.3 Å². The van der Waals surface area contributed by atoms with Crippen molar-refractivity contribution in [3.8, 4) is 28.5 Å². The Hall–Kier alpha value is -3.81. The maximum Gasteiger partial charge on any atom is 0.254 e. The highest BCUT2D eigenvalue weighted by Gasteiger charge is 2.25. The molecule has 1 saturated heterocycles. The van der Waals surface area contributed by atoms with Crippen LogP contribution >= 0.6 is 0 Å². The van der Waals surface area contributed by atoms with Gasteiger partial charge >= 0.3 is 0 Å². The van der Waals surface area contributed by atoms with E-state index >= 15 is 0 Å². The van der Waals surface area contributed by atoms with E-state index in [-0.39, 0.29) is 5.91 Å². The number of benzene rings is 2. The normalized spacial score (nSPS) is 13.6. The van der Waals surface area contributed by atoms with Crippen molar-refractivity contribution >= 4 is 11.7 Å². The monoisotopic (exact) mass is 462 g/mol. The van der Waals surface area contributed by atoms with Crippen LogP contribution in [0.1, 0.15) is 21.5 Å². The molecule has 0 bridgehead atoms. The zero-order chi connectivity index (χ0) is 24.2. The summed E-state index contributed by atoms with van der Waals surface area (Å²) in [7, 11) is 4.62. The number of methoxy groups -OCH3 is 3. The summed E-state index contributed by atoms with van der Waals surface area (Å²) >= 11 is 0. The molecule has 1 aliphatic heterocycles. The zero-order valence-corrected chi connectivity index (χ0v) is 20.3. The summed E-state index contributed by atoms with van der Waals surface area (Å²) in [6, 6.07) is 13.7. The molecule has 8 nitrogen and oxygen atoms in total. The number of aryl methyl sites for hydroxylation is 2. The number of piperazine rings is 1. The van der Waals surface area contributed by atoms with E-state index in [0.717, 1.165) is 17.1 Å². The van der Waals surface area contributed by atoms with Crippen molar-refractivity contribution in [2.75, 3.05) is 52.4 Å². The average Bonchev–Trinajstić information content (AvgIpc) is 2.89. The van der Waals surface area contributed by atoms with Crippen LogP contribution in [0.2, 0.25) is 0 Å². The first kappa shape index (κ1) is 23.4. The van der Waals surface area contributed by atoms with E-state index in [9.17, 15) is 4.79 Å². The van der Waals surface area contributed by atoms with Gasteiger partial charge in [-0.05, 0) is 55.3 Å². The lowest BCUT2D eigenvalue weighted by Gasteiger charge is -2.35. The number of aromatic nitrogens is 2. The maximum absolute atomic E-state index is 13.2. The quantitative estimate of drug-likeness (QED) is 0.552. The lowest BCUT2D eigenvalue weighted by molar-refractivity contribution is 0.0745. The number of carbonyl (C=O) groups excluding carboxylic acids is 1. The second-order valence-electron chi connectivity index (χ2n) is 8.27. The molecule has 34 heavy (non-hydrogen) atoms. The molecule has 0 atom stereocenters. The van der Waals surface area contributed by atoms with Gasteiger partial charge in [0.05, 0.1) is 27.0 Å². The minimum absolute atomic E-state index is 0.0740. The Labute approximate surface area is 200 Å². The van der Waals surface area contributed by atoms with Crippen molar-refractivity contribution in [2.45, 2.75) is 13.8 Å². The van der Waals surface area contributed by atoms with Crippen LogP contribution in [-0.4, -0.2) is 68.5 Å². The molecule has 0 unspecified atom stereocenters. The molecule has 0 saturated carbocycles. The Morgan fingerprint density at radius 2 is 1.47 bits per heavy atom. The average molecular weight is 463 g/mol. The van der Waals surface area contributed by atoms with Gasteiger partial charge in [0.15, 0.2) is 17.3 Å². The van der Waals surface area contributed by atoms with E-state index in [2.05, 4.69) is 47.1 Å². The topological polar surface area (TPSA) is 77.0 Å². The Balaban J connectivity index is 1.43. The molecule has 1 amide bonds. The van der Waals surface area contributed by atoms with Crippen molar-refractivity contribution in [1.82, 2.24) is 15.1 Å². The van der Waals surface area contributed by atoms with Gasteiger partial charge in [-0.15, -0.1) is 10.2 Å². The molecule has 1 aliphatic rings. The molecule has 8 heteroatoms. The Morgan fingerprint density at radius 1 is 0.794 bits per heavy atom. The largest absolute Gasteiger partial charge is 0.493 e. The number of hydrogen-bond donors (Lipinski definition) is 0. The van der Waals surface area contributed by atoms with Gasteiger partial charge in [0.2, 0.25) is 5.75 Å². The number of ether oxygens (including phenoxy) is 3. The number of amides is 1. The zero-order valence-electron chi connectivity index (χ0n) is 20.3. The summed E-state index contributed by atoms with van der Waals surface area (Å²) in [5, 5.41) is 8.89. The predicted molar refractivity (Wildman–Crippen MR) is 131 cm³/mol. The number of hydrogen-bond acceptors (Lipinski definition) is 7. The van der Waals surface area contributed by atoms with E-state index in [1.54, 1.807) is 19.2 Å². The molecule has 0 radical (unpaired) electrons. The minimum atomic E-state index is -0.0740. The van der Waals surface area contributed by atoms with Crippen LogP contribution in [0.5, 0.6) is 17.2 Å². The highest BCUT2D eigenvalue weighted by molar-refractivity contribution is 5.95. The Bertz CT molecular complexity index is 1150. The fourth-order valence-corrected chi connectivity index (χ4v) is 4.07. The number of carbonyl (C=O) groups is 1. The Kier molecular flexibility index (Phi) is 6.86. The van der Waals surface area contributed by atoms with Gasteiger partial charge in [-0.3, -0.25) is 4.79 Å². The lowest BCUT2D eigenvalue weighted by Crippen LogP contribution is -2.49. The van der Waals surface area contributed by atoms with E-state index in [1.807, 2.05) is 17.0 Å². The van der Waals surface area contributed by atoms with E-state index in [4.69, 9.17) is 14.2 Å². The van der Waals surface area contributed by atoms with Crippen LogP contribution in [-0.2, 0) is 0 Å². The molecule has 4 rings (SSSR count). The fourth-order valence-electron chi connectivity index (χ4n) is 4.07. The number of rotatable bonds is 6. The lowest BCUT2D eigenvalue weighted by atomic mass is 10.0. The summed E-state index contributed by atoms with van der Waals surface area (Å²) in [4.78, 5) is 17.1. The highest BCUT2D eigenvalue weighted by Crippen LogP contribution is 2.38.